The average Bonchev–Trinajstić information content (AvgIpc) is 2.74. The highest BCUT2D eigenvalue weighted by Gasteiger charge is 2.20. The monoisotopic (exact) mass is 419 g/mol. The van der Waals surface area contributed by atoms with Gasteiger partial charge in [0.2, 0.25) is 5.88 Å². The maximum atomic E-state index is 12.6. The van der Waals surface area contributed by atoms with Crippen molar-refractivity contribution in [2.75, 3.05) is 12.4 Å². The minimum atomic E-state index is -0.342. The Morgan fingerprint density at radius 1 is 1.00 bits per heavy atom. The van der Waals surface area contributed by atoms with Crippen LogP contribution in [-0.4, -0.2) is 18.1 Å². The normalized spacial score (nSPS) is 12.0. The number of para-hydroxylation sites is 1. The van der Waals surface area contributed by atoms with E-state index in [0.29, 0.717) is 17.3 Å². The maximum Gasteiger partial charge on any atom is 0.319 e. The van der Waals surface area contributed by atoms with Crippen molar-refractivity contribution in [2.24, 2.45) is 0 Å². The first-order valence-electron chi connectivity index (χ1n) is 10.2. The minimum Gasteiger partial charge on any atom is -0.497 e. The van der Waals surface area contributed by atoms with E-state index in [1.165, 1.54) is 0 Å². The molecule has 6 heteroatoms. The number of rotatable bonds is 6. The SMILES string of the molecule is COc1ccc(C(C)NC(=O)Nc2cccnc2Oc2ccccc2C(C)(C)C)cc1. The van der Waals surface area contributed by atoms with E-state index in [0.717, 1.165) is 16.9 Å². The highest BCUT2D eigenvalue weighted by Crippen LogP contribution is 2.35. The zero-order valence-electron chi connectivity index (χ0n) is 18.6. The highest BCUT2D eigenvalue weighted by molar-refractivity contribution is 5.90. The molecule has 31 heavy (non-hydrogen) atoms. The van der Waals surface area contributed by atoms with Gasteiger partial charge in [-0.1, -0.05) is 51.1 Å². The Bertz CT molecular complexity index is 1030. The van der Waals surface area contributed by atoms with Crippen molar-refractivity contribution < 1.29 is 14.3 Å². The van der Waals surface area contributed by atoms with Crippen LogP contribution in [0.1, 0.15) is 44.9 Å². The molecule has 2 aromatic carbocycles. The van der Waals surface area contributed by atoms with Crippen LogP contribution >= 0.6 is 0 Å². The second-order valence-corrected chi connectivity index (χ2v) is 8.30. The predicted molar refractivity (Wildman–Crippen MR) is 123 cm³/mol. The summed E-state index contributed by atoms with van der Waals surface area (Å²) in [6.45, 7) is 8.30. The molecule has 0 bridgehead atoms. The molecule has 1 unspecified atom stereocenters. The number of aromatic nitrogens is 1. The van der Waals surface area contributed by atoms with E-state index in [2.05, 4.69) is 36.4 Å². The molecule has 0 radical (unpaired) electrons. The topological polar surface area (TPSA) is 72.5 Å². The number of methoxy groups -OCH3 is 1. The van der Waals surface area contributed by atoms with Gasteiger partial charge in [-0.2, -0.15) is 0 Å². The van der Waals surface area contributed by atoms with Crippen LogP contribution in [0.4, 0.5) is 10.5 Å². The lowest BCUT2D eigenvalue weighted by Crippen LogP contribution is -2.31. The van der Waals surface area contributed by atoms with Crippen LogP contribution in [0.2, 0.25) is 0 Å². The predicted octanol–water partition coefficient (Wildman–Crippen LogP) is 6.06. The third-order valence-electron chi connectivity index (χ3n) is 4.88. The van der Waals surface area contributed by atoms with Gasteiger partial charge in [-0.05, 0) is 48.2 Å². The summed E-state index contributed by atoms with van der Waals surface area (Å²) in [5.41, 5.74) is 2.43. The molecular formula is C25H29N3O3. The highest BCUT2D eigenvalue weighted by atomic mass is 16.5. The van der Waals surface area contributed by atoms with Gasteiger partial charge in [-0.25, -0.2) is 9.78 Å². The summed E-state index contributed by atoms with van der Waals surface area (Å²) in [5, 5.41) is 5.78. The molecule has 0 aliphatic carbocycles. The van der Waals surface area contributed by atoms with E-state index in [9.17, 15) is 4.79 Å². The van der Waals surface area contributed by atoms with E-state index in [1.54, 1.807) is 25.4 Å². The first kappa shape index (κ1) is 22.2. The Kier molecular flexibility index (Phi) is 6.80. The zero-order valence-corrected chi connectivity index (χ0v) is 18.6. The van der Waals surface area contributed by atoms with Crippen molar-refractivity contribution >= 4 is 11.7 Å². The number of nitrogens with zero attached hydrogens (tertiary/aromatic N) is 1. The lowest BCUT2D eigenvalue weighted by molar-refractivity contribution is 0.249. The fraction of sp³-hybridized carbons (Fsp3) is 0.280. The Morgan fingerprint density at radius 2 is 1.71 bits per heavy atom. The summed E-state index contributed by atoms with van der Waals surface area (Å²) in [7, 11) is 1.62. The molecule has 1 aromatic heterocycles. The molecule has 1 heterocycles. The van der Waals surface area contributed by atoms with Crippen molar-refractivity contribution in [1.82, 2.24) is 10.3 Å². The number of carbonyl (C=O) groups is 1. The second kappa shape index (κ2) is 9.51. The van der Waals surface area contributed by atoms with Gasteiger partial charge in [-0.15, -0.1) is 0 Å². The molecular weight excluding hydrogens is 390 g/mol. The van der Waals surface area contributed by atoms with Gasteiger partial charge in [0.15, 0.2) is 0 Å². The van der Waals surface area contributed by atoms with E-state index >= 15 is 0 Å². The van der Waals surface area contributed by atoms with Crippen molar-refractivity contribution in [3.05, 3.63) is 78.0 Å². The summed E-state index contributed by atoms with van der Waals surface area (Å²) in [5.74, 6) is 1.82. The summed E-state index contributed by atoms with van der Waals surface area (Å²) < 4.78 is 11.3. The van der Waals surface area contributed by atoms with Gasteiger partial charge in [0.1, 0.15) is 17.2 Å². The molecule has 0 aliphatic heterocycles. The van der Waals surface area contributed by atoms with Crippen molar-refractivity contribution in [3.8, 4) is 17.4 Å². The van der Waals surface area contributed by atoms with Gasteiger partial charge in [0, 0.05) is 11.8 Å². The second-order valence-electron chi connectivity index (χ2n) is 8.30. The Morgan fingerprint density at radius 3 is 2.39 bits per heavy atom. The summed E-state index contributed by atoms with van der Waals surface area (Å²) in [4.78, 5) is 16.9. The molecule has 162 valence electrons. The van der Waals surface area contributed by atoms with E-state index < -0.39 is 0 Å². The van der Waals surface area contributed by atoms with E-state index in [1.807, 2.05) is 55.5 Å². The van der Waals surface area contributed by atoms with Gasteiger partial charge in [0.25, 0.3) is 0 Å². The molecule has 3 aromatic rings. The number of carbonyl (C=O) groups excluding carboxylic acids is 1. The van der Waals surface area contributed by atoms with Gasteiger partial charge < -0.3 is 20.1 Å². The quantitative estimate of drug-likeness (QED) is 0.509. The molecule has 0 spiro atoms. The number of pyridine rings is 1. The molecule has 2 amide bonds. The summed E-state index contributed by atoms with van der Waals surface area (Å²) >= 11 is 0. The van der Waals surface area contributed by atoms with Crippen molar-refractivity contribution in [1.29, 1.82) is 0 Å². The van der Waals surface area contributed by atoms with Crippen LogP contribution in [0.25, 0.3) is 0 Å². The van der Waals surface area contributed by atoms with Crippen molar-refractivity contribution in [2.45, 2.75) is 39.2 Å². The first-order valence-corrected chi connectivity index (χ1v) is 10.2. The average molecular weight is 420 g/mol. The largest absolute Gasteiger partial charge is 0.497 e. The smallest absolute Gasteiger partial charge is 0.319 e. The number of urea groups is 1. The Hall–Kier alpha value is -3.54. The van der Waals surface area contributed by atoms with Gasteiger partial charge in [0.05, 0.1) is 13.2 Å². The number of anilines is 1. The van der Waals surface area contributed by atoms with Crippen LogP contribution in [0, 0.1) is 0 Å². The number of ether oxygens (including phenoxy) is 2. The third-order valence-corrected chi connectivity index (χ3v) is 4.88. The lowest BCUT2D eigenvalue weighted by Gasteiger charge is -2.23. The van der Waals surface area contributed by atoms with Crippen LogP contribution in [0.3, 0.4) is 0 Å². The van der Waals surface area contributed by atoms with E-state index in [4.69, 9.17) is 9.47 Å². The molecule has 0 saturated carbocycles. The molecule has 3 rings (SSSR count). The number of nitrogens with one attached hydrogen (secondary N) is 2. The fourth-order valence-electron chi connectivity index (χ4n) is 3.18. The molecule has 6 nitrogen and oxygen atoms in total. The van der Waals surface area contributed by atoms with Gasteiger partial charge in [-0.3, -0.25) is 0 Å². The molecule has 0 aliphatic rings. The number of hydrogen-bond acceptors (Lipinski definition) is 4. The van der Waals surface area contributed by atoms with Crippen LogP contribution in [0.15, 0.2) is 66.9 Å². The fourth-order valence-corrected chi connectivity index (χ4v) is 3.18. The summed E-state index contributed by atoms with van der Waals surface area (Å²) in [6, 6.07) is 18.4. The first-order chi connectivity index (χ1) is 14.8. The van der Waals surface area contributed by atoms with E-state index in [-0.39, 0.29) is 17.5 Å². The van der Waals surface area contributed by atoms with Crippen LogP contribution in [-0.2, 0) is 5.41 Å². The molecule has 0 saturated heterocycles. The number of benzene rings is 2. The Balaban J connectivity index is 1.73. The number of amides is 2. The summed E-state index contributed by atoms with van der Waals surface area (Å²) in [6.07, 6.45) is 1.64. The number of hydrogen-bond donors (Lipinski definition) is 2. The van der Waals surface area contributed by atoms with Gasteiger partial charge >= 0.3 is 6.03 Å². The third kappa shape index (κ3) is 5.75. The zero-order chi connectivity index (χ0) is 22.4. The Labute approximate surface area is 183 Å². The van der Waals surface area contributed by atoms with Crippen LogP contribution in [0.5, 0.6) is 17.4 Å². The lowest BCUT2D eigenvalue weighted by atomic mass is 9.86. The van der Waals surface area contributed by atoms with Crippen molar-refractivity contribution in [3.63, 3.8) is 0 Å². The molecule has 0 fully saturated rings. The minimum absolute atomic E-state index is 0.0931. The molecule has 1 atom stereocenters. The maximum absolute atomic E-state index is 12.6. The standard InChI is InChI=1S/C25H29N3O3/c1-17(18-12-14-19(30-5)15-13-18)27-24(29)28-21-10-8-16-26-23(21)31-22-11-7-6-9-20(22)25(2,3)4/h6-17H,1-5H3,(H2,27,28,29). The molecule has 2 N–H and O–H groups in total. The van der Waals surface area contributed by atoms with Crippen LogP contribution < -0.4 is 20.1 Å².